The van der Waals surface area contributed by atoms with Gasteiger partial charge in [-0.1, -0.05) is 12.1 Å². The maximum absolute atomic E-state index is 12.3. The SMILES string of the molecule is Cc1cc(C)cc(OC(C)C(=O)Nc2cccc(N)c2C)c1. The lowest BCUT2D eigenvalue weighted by Gasteiger charge is -2.17. The van der Waals surface area contributed by atoms with Gasteiger partial charge < -0.3 is 15.8 Å². The van der Waals surface area contributed by atoms with E-state index >= 15 is 0 Å². The van der Waals surface area contributed by atoms with Crippen LogP contribution in [0.1, 0.15) is 23.6 Å². The third kappa shape index (κ3) is 3.79. The Labute approximate surface area is 131 Å². The van der Waals surface area contributed by atoms with Crippen LogP contribution in [-0.2, 0) is 4.79 Å². The van der Waals surface area contributed by atoms with Crippen molar-refractivity contribution in [3.63, 3.8) is 0 Å². The van der Waals surface area contributed by atoms with E-state index in [2.05, 4.69) is 11.4 Å². The number of ether oxygens (including phenoxy) is 1. The number of rotatable bonds is 4. The summed E-state index contributed by atoms with van der Waals surface area (Å²) in [6, 6.07) is 11.3. The van der Waals surface area contributed by atoms with Crippen LogP contribution < -0.4 is 15.8 Å². The van der Waals surface area contributed by atoms with Crippen LogP contribution in [0.15, 0.2) is 36.4 Å². The van der Waals surface area contributed by atoms with Gasteiger partial charge in [0.2, 0.25) is 0 Å². The van der Waals surface area contributed by atoms with Crippen LogP contribution in [0.3, 0.4) is 0 Å². The highest BCUT2D eigenvalue weighted by Gasteiger charge is 2.16. The quantitative estimate of drug-likeness (QED) is 0.848. The van der Waals surface area contributed by atoms with E-state index in [-0.39, 0.29) is 5.91 Å². The summed E-state index contributed by atoms with van der Waals surface area (Å²) in [7, 11) is 0. The molecule has 3 N–H and O–H groups in total. The molecule has 0 heterocycles. The van der Waals surface area contributed by atoms with Crippen LogP contribution in [0, 0.1) is 20.8 Å². The highest BCUT2D eigenvalue weighted by molar-refractivity contribution is 5.95. The Balaban J connectivity index is 2.07. The van der Waals surface area contributed by atoms with Gasteiger partial charge in [-0.2, -0.15) is 0 Å². The second kappa shape index (κ2) is 6.52. The van der Waals surface area contributed by atoms with E-state index in [9.17, 15) is 4.79 Å². The summed E-state index contributed by atoms with van der Waals surface area (Å²) >= 11 is 0. The molecule has 0 aliphatic rings. The fraction of sp³-hybridized carbons (Fsp3) is 0.278. The Morgan fingerprint density at radius 1 is 1.14 bits per heavy atom. The Morgan fingerprint density at radius 3 is 2.41 bits per heavy atom. The van der Waals surface area contributed by atoms with E-state index in [0.717, 1.165) is 16.7 Å². The molecule has 0 spiro atoms. The first-order valence-corrected chi connectivity index (χ1v) is 7.27. The van der Waals surface area contributed by atoms with E-state index in [1.807, 2.05) is 45.0 Å². The largest absolute Gasteiger partial charge is 0.481 e. The van der Waals surface area contributed by atoms with Crippen LogP contribution in [0.25, 0.3) is 0 Å². The molecule has 0 fully saturated rings. The Hall–Kier alpha value is -2.49. The molecule has 2 aromatic rings. The molecule has 0 aromatic heterocycles. The number of hydrogen-bond acceptors (Lipinski definition) is 3. The number of amides is 1. The van der Waals surface area contributed by atoms with Gasteiger partial charge in [-0.25, -0.2) is 0 Å². The van der Waals surface area contributed by atoms with Gasteiger partial charge in [0.25, 0.3) is 5.91 Å². The third-order valence-corrected chi connectivity index (χ3v) is 3.51. The van der Waals surface area contributed by atoms with Crippen molar-refractivity contribution in [3.05, 3.63) is 53.1 Å². The first-order valence-electron chi connectivity index (χ1n) is 7.27. The second-order valence-electron chi connectivity index (χ2n) is 5.59. The molecule has 2 rings (SSSR count). The predicted molar refractivity (Wildman–Crippen MR) is 90.2 cm³/mol. The lowest BCUT2D eigenvalue weighted by atomic mass is 10.1. The molecule has 4 heteroatoms. The van der Waals surface area contributed by atoms with Crippen molar-refractivity contribution >= 4 is 17.3 Å². The van der Waals surface area contributed by atoms with Crippen LogP contribution in [-0.4, -0.2) is 12.0 Å². The van der Waals surface area contributed by atoms with E-state index in [4.69, 9.17) is 10.5 Å². The average Bonchev–Trinajstić information content (AvgIpc) is 2.42. The molecule has 1 amide bonds. The van der Waals surface area contributed by atoms with Gasteiger partial charge >= 0.3 is 0 Å². The van der Waals surface area contributed by atoms with E-state index in [1.165, 1.54) is 0 Å². The maximum Gasteiger partial charge on any atom is 0.265 e. The zero-order valence-electron chi connectivity index (χ0n) is 13.4. The van der Waals surface area contributed by atoms with Gasteiger partial charge in [-0.05, 0) is 68.7 Å². The summed E-state index contributed by atoms with van der Waals surface area (Å²) in [6.45, 7) is 7.61. The molecule has 0 saturated heterocycles. The minimum atomic E-state index is -0.595. The predicted octanol–water partition coefficient (Wildman–Crippen LogP) is 3.60. The first kappa shape index (κ1) is 15.9. The summed E-state index contributed by atoms with van der Waals surface area (Å²) in [5, 5.41) is 2.86. The number of nitrogen functional groups attached to an aromatic ring is 1. The molecule has 0 aliphatic heterocycles. The second-order valence-corrected chi connectivity index (χ2v) is 5.59. The monoisotopic (exact) mass is 298 g/mol. The molecule has 1 atom stereocenters. The van der Waals surface area contributed by atoms with Gasteiger partial charge in [0.05, 0.1) is 0 Å². The molecule has 0 radical (unpaired) electrons. The number of carbonyl (C=O) groups is 1. The molecular weight excluding hydrogens is 276 g/mol. The Bertz CT molecular complexity index is 675. The summed E-state index contributed by atoms with van der Waals surface area (Å²) < 4.78 is 5.74. The summed E-state index contributed by atoms with van der Waals surface area (Å²) in [5.74, 6) is 0.498. The van der Waals surface area contributed by atoms with E-state index in [1.54, 1.807) is 13.0 Å². The Kier molecular flexibility index (Phi) is 4.71. The number of carbonyl (C=O) groups excluding carboxylic acids is 1. The number of hydrogen-bond donors (Lipinski definition) is 2. The molecule has 0 aliphatic carbocycles. The molecule has 0 bridgehead atoms. The molecule has 116 valence electrons. The van der Waals surface area contributed by atoms with Gasteiger partial charge in [0, 0.05) is 11.4 Å². The highest BCUT2D eigenvalue weighted by Crippen LogP contribution is 2.22. The van der Waals surface area contributed by atoms with Crippen molar-refractivity contribution in [2.45, 2.75) is 33.8 Å². The topological polar surface area (TPSA) is 64.3 Å². The molecule has 0 saturated carbocycles. The summed E-state index contributed by atoms with van der Waals surface area (Å²) in [5.41, 5.74) is 10.3. The fourth-order valence-electron chi connectivity index (χ4n) is 2.28. The molecular formula is C18H22N2O2. The third-order valence-electron chi connectivity index (χ3n) is 3.51. The minimum absolute atomic E-state index is 0.201. The summed E-state index contributed by atoms with van der Waals surface area (Å²) in [4.78, 5) is 12.3. The van der Waals surface area contributed by atoms with Crippen molar-refractivity contribution < 1.29 is 9.53 Å². The normalized spacial score (nSPS) is 11.8. The standard InChI is InChI=1S/C18H22N2O2/c1-11-8-12(2)10-15(9-11)22-14(4)18(21)20-17-7-5-6-16(19)13(17)3/h5-10,14H,19H2,1-4H3,(H,20,21). The van der Waals surface area contributed by atoms with Gasteiger partial charge in [0.15, 0.2) is 6.10 Å². The molecule has 1 unspecified atom stereocenters. The number of nitrogens with two attached hydrogens (primary N) is 1. The lowest BCUT2D eigenvalue weighted by Crippen LogP contribution is -2.30. The molecule has 4 nitrogen and oxygen atoms in total. The number of aryl methyl sites for hydroxylation is 2. The zero-order chi connectivity index (χ0) is 16.3. The van der Waals surface area contributed by atoms with Gasteiger partial charge in [-0.3, -0.25) is 4.79 Å². The van der Waals surface area contributed by atoms with Gasteiger partial charge in [0.1, 0.15) is 5.75 Å². The molecule has 22 heavy (non-hydrogen) atoms. The van der Waals surface area contributed by atoms with Crippen LogP contribution in [0.2, 0.25) is 0 Å². The number of anilines is 2. The van der Waals surface area contributed by atoms with Crippen LogP contribution in [0.4, 0.5) is 11.4 Å². The van der Waals surface area contributed by atoms with Crippen LogP contribution in [0.5, 0.6) is 5.75 Å². The Morgan fingerprint density at radius 2 is 1.77 bits per heavy atom. The van der Waals surface area contributed by atoms with Gasteiger partial charge in [-0.15, -0.1) is 0 Å². The summed E-state index contributed by atoms with van der Waals surface area (Å²) in [6.07, 6.45) is -0.595. The lowest BCUT2D eigenvalue weighted by molar-refractivity contribution is -0.122. The number of benzene rings is 2. The minimum Gasteiger partial charge on any atom is -0.481 e. The van der Waals surface area contributed by atoms with Crippen molar-refractivity contribution in [2.24, 2.45) is 0 Å². The maximum atomic E-state index is 12.3. The van der Waals surface area contributed by atoms with Crippen molar-refractivity contribution in [3.8, 4) is 5.75 Å². The van der Waals surface area contributed by atoms with Crippen molar-refractivity contribution in [1.82, 2.24) is 0 Å². The van der Waals surface area contributed by atoms with Crippen molar-refractivity contribution in [2.75, 3.05) is 11.1 Å². The highest BCUT2D eigenvalue weighted by atomic mass is 16.5. The van der Waals surface area contributed by atoms with E-state index in [0.29, 0.717) is 17.1 Å². The van der Waals surface area contributed by atoms with Crippen molar-refractivity contribution in [1.29, 1.82) is 0 Å². The van der Waals surface area contributed by atoms with E-state index < -0.39 is 6.10 Å². The first-order chi connectivity index (χ1) is 10.4. The smallest absolute Gasteiger partial charge is 0.265 e. The molecule has 2 aromatic carbocycles. The fourth-order valence-corrected chi connectivity index (χ4v) is 2.28. The zero-order valence-corrected chi connectivity index (χ0v) is 13.4. The average molecular weight is 298 g/mol. The number of nitrogens with one attached hydrogen (secondary N) is 1. The van der Waals surface area contributed by atoms with Crippen LogP contribution >= 0.6 is 0 Å².